The second-order valence-corrected chi connectivity index (χ2v) is 15.2. The van der Waals surface area contributed by atoms with Gasteiger partial charge in [-0.25, -0.2) is 4.79 Å². The first-order chi connectivity index (χ1) is 25.3. The van der Waals surface area contributed by atoms with E-state index in [2.05, 4.69) is 18.8 Å². The molecule has 4 atom stereocenters. The lowest BCUT2D eigenvalue weighted by Crippen LogP contribution is -2.40. The Bertz CT molecular complexity index is 1140. The Kier molecular flexibility index (Phi) is 25.5. The number of nitrogen functional groups attached to an aromatic ring is 1. The van der Waals surface area contributed by atoms with Gasteiger partial charge in [-0.3, -0.25) is 14.2 Å². The summed E-state index contributed by atoms with van der Waals surface area (Å²) in [6, 6.07) is 0. The molecular weight excluding hydrogens is 658 g/mol. The van der Waals surface area contributed by atoms with Gasteiger partial charge in [-0.05, 0) is 19.8 Å². The third-order valence-corrected chi connectivity index (χ3v) is 10.4. The van der Waals surface area contributed by atoms with Gasteiger partial charge in [0.05, 0.1) is 0 Å². The van der Waals surface area contributed by atoms with Crippen molar-refractivity contribution in [1.29, 1.82) is 0 Å². The molecule has 1 aromatic heterocycles. The summed E-state index contributed by atoms with van der Waals surface area (Å²) in [5.41, 5.74) is 5.65. The molecule has 0 spiro atoms. The Morgan fingerprint density at radius 3 is 1.56 bits per heavy atom. The van der Waals surface area contributed by atoms with Crippen molar-refractivity contribution >= 4 is 17.8 Å². The molecule has 52 heavy (non-hydrogen) atoms. The minimum absolute atomic E-state index is 0.0909. The number of esters is 2. The Labute approximate surface area is 315 Å². The molecule has 1 aliphatic heterocycles. The largest absolute Gasteiger partial charge is 0.463 e. The van der Waals surface area contributed by atoms with Crippen molar-refractivity contribution in [2.24, 2.45) is 0 Å². The van der Waals surface area contributed by atoms with Gasteiger partial charge in [0.1, 0.15) is 24.6 Å². The highest BCUT2D eigenvalue weighted by Gasteiger charge is 2.48. The van der Waals surface area contributed by atoms with E-state index < -0.39 is 36.2 Å². The van der Waals surface area contributed by atoms with E-state index in [1.54, 1.807) is 6.92 Å². The Morgan fingerprint density at radius 2 is 1.12 bits per heavy atom. The highest BCUT2D eigenvalue weighted by Crippen LogP contribution is 2.32. The summed E-state index contributed by atoms with van der Waals surface area (Å²) in [6.45, 7) is 6.00. The quantitative estimate of drug-likeness (QED) is 0.0546. The predicted octanol–water partition coefficient (Wildman–Crippen LogP) is 9.81. The molecule has 1 fully saturated rings. The molecule has 1 aliphatic rings. The van der Waals surface area contributed by atoms with Gasteiger partial charge in [-0.2, -0.15) is 4.98 Å². The number of aryl methyl sites for hydroxylation is 1. The molecule has 2 rings (SSSR count). The lowest BCUT2D eigenvalue weighted by Gasteiger charge is -2.21. The van der Waals surface area contributed by atoms with Crippen molar-refractivity contribution in [1.82, 2.24) is 9.55 Å². The van der Waals surface area contributed by atoms with Crippen LogP contribution >= 0.6 is 0 Å². The molecule has 0 aromatic carbocycles. The number of aromatic nitrogens is 2. The maximum absolute atomic E-state index is 12.9. The van der Waals surface area contributed by atoms with Gasteiger partial charge < -0.3 is 25.1 Å². The number of carbonyl (C=O) groups is 2. The minimum Gasteiger partial charge on any atom is -0.463 e. The molecule has 300 valence electrons. The first-order valence-corrected chi connectivity index (χ1v) is 21.3. The number of anilines is 1. The van der Waals surface area contributed by atoms with Gasteiger partial charge in [0, 0.05) is 24.6 Å². The Morgan fingerprint density at radius 1 is 0.712 bits per heavy atom. The van der Waals surface area contributed by atoms with Crippen LogP contribution in [0.1, 0.15) is 205 Å². The maximum atomic E-state index is 12.9. The number of rotatable bonds is 32. The van der Waals surface area contributed by atoms with E-state index in [0.29, 0.717) is 18.4 Å². The second-order valence-electron chi connectivity index (χ2n) is 15.2. The fraction of sp³-hybridized carbons (Fsp3) is 0.857. The molecular formula is C42H75N3O7. The van der Waals surface area contributed by atoms with E-state index in [9.17, 15) is 19.5 Å². The molecule has 0 aliphatic carbocycles. The Balaban J connectivity index is 1.72. The summed E-state index contributed by atoms with van der Waals surface area (Å²) in [5, 5.41) is 11.2. The normalized spacial score (nSPS) is 18.5. The molecule has 2 heterocycles. The summed E-state index contributed by atoms with van der Waals surface area (Å²) in [5.74, 6) is -0.712. The number of hydrogen-bond acceptors (Lipinski definition) is 9. The number of hydrogen-bond donors (Lipinski definition) is 2. The van der Waals surface area contributed by atoms with E-state index >= 15 is 0 Å². The Hall–Kier alpha value is -2.46. The molecule has 0 unspecified atom stereocenters. The molecule has 0 bridgehead atoms. The third-order valence-electron chi connectivity index (χ3n) is 10.4. The molecule has 3 N–H and O–H groups in total. The van der Waals surface area contributed by atoms with Gasteiger partial charge in [-0.1, -0.05) is 168 Å². The van der Waals surface area contributed by atoms with Crippen LogP contribution in [0.5, 0.6) is 0 Å². The first kappa shape index (κ1) is 45.7. The summed E-state index contributed by atoms with van der Waals surface area (Å²) in [7, 11) is 0. The maximum Gasteiger partial charge on any atom is 0.351 e. The van der Waals surface area contributed by atoms with Gasteiger partial charge in [0.2, 0.25) is 0 Å². The van der Waals surface area contributed by atoms with Crippen LogP contribution in [0.3, 0.4) is 0 Å². The number of unbranched alkanes of at least 4 members (excludes halogenated alkanes) is 24. The van der Waals surface area contributed by atoms with Crippen LogP contribution in [0.2, 0.25) is 0 Å². The fourth-order valence-corrected chi connectivity index (χ4v) is 7.02. The van der Waals surface area contributed by atoms with Crippen LogP contribution in [-0.2, 0) is 23.8 Å². The monoisotopic (exact) mass is 734 g/mol. The highest BCUT2D eigenvalue weighted by molar-refractivity contribution is 5.70. The topological polar surface area (TPSA) is 143 Å². The molecule has 0 saturated carbocycles. The number of nitrogens with zero attached hydrogens (tertiary/aromatic N) is 2. The standard InChI is InChI=1S/C42H75N3O7/c1-4-6-8-10-12-14-16-18-20-22-24-26-28-30-36(46)50-33-35-39(38(48)41(51-35)45-32-34(3)40(43)44-42(45)49)52-37(47)31-29-27-25-23-21-19-17-15-13-11-9-7-5-2/h32,35,38-39,41,48H,4-31,33H2,1-3H3,(H2,43,44,49)/t35-,38+,39-,41-/m1/s1. The smallest absolute Gasteiger partial charge is 0.351 e. The molecule has 10 heteroatoms. The van der Waals surface area contributed by atoms with Crippen molar-refractivity contribution in [2.45, 2.75) is 225 Å². The lowest BCUT2D eigenvalue weighted by molar-refractivity contribution is -0.160. The highest BCUT2D eigenvalue weighted by atomic mass is 16.6. The van der Waals surface area contributed by atoms with Crippen molar-refractivity contribution in [3.8, 4) is 0 Å². The predicted molar refractivity (Wildman–Crippen MR) is 209 cm³/mol. The minimum atomic E-state index is -1.36. The van der Waals surface area contributed by atoms with Gasteiger partial charge in [0.25, 0.3) is 0 Å². The number of ether oxygens (including phenoxy) is 3. The fourth-order valence-electron chi connectivity index (χ4n) is 7.02. The summed E-state index contributed by atoms with van der Waals surface area (Å²) in [6.07, 6.45) is 29.0. The third kappa shape index (κ3) is 19.6. The van der Waals surface area contributed by atoms with Crippen molar-refractivity contribution in [3.63, 3.8) is 0 Å². The second kappa shape index (κ2) is 29.0. The zero-order valence-electron chi connectivity index (χ0n) is 33.3. The summed E-state index contributed by atoms with van der Waals surface area (Å²) >= 11 is 0. The van der Waals surface area contributed by atoms with E-state index in [4.69, 9.17) is 19.9 Å². The molecule has 0 amide bonds. The summed E-state index contributed by atoms with van der Waals surface area (Å²) in [4.78, 5) is 42.0. The van der Waals surface area contributed by atoms with Crippen molar-refractivity contribution in [3.05, 3.63) is 22.2 Å². The average Bonchev–Trinajstić information content (AvgIpc) is 3.43. The average molecular weight is 734 g/mol. The van der Waals surface area contributed by atoms with Crippen molar-refractivity contribution < 1.29 is 28.9 Å². The summed E-state index contributed by atoms with van der Waals surface area (Å²) < 4.78 is 18.5. The number of aliphatic hydroxyl groups excluding tert-OH is 1. The van der Waals surface area contributed by atoms with E-state index in [1.165, 1.54) is 128 Å². The number of aliphatic hydroxyl groups is 1. The van der Waals surface area contributed by atoms with E-state index in [-0.39, 0.29) is 24.8 Å². The molecule has 1 aromatic rings. The van der Waals surface area contributed by atoms with Crippen molar-refractivity contribution in [2.75, 3.05) is 12.3 Å². The van der Waals surface area contributed by atoms with E-state index in [0.717, 1.165) is 43.1 Å². The number of carbonyl (C=O) groups excluding carboxylic acids is 2. The van der Waals surface area contributed by atoms with Gasteiger partial charge in [0.15, 0.2) is 12.3 Å². The van der Waals surface area contributed by atoms with E-state index in [1.807, 2.05) is 0 Å². The van der Waals surface area contributed by atoms with Crippen LogP contribution in [0.4, 0.5) is 5.82 Å². The van der Waals surface area contributed by atoms with Gasteiger partial charge in [-0.15, -0.1) is 0 Å². The van der Waals surface area contributed by atoms with Crippen LogP contribution in [0.25, 0.3) is 0 Å². The number of nitrogens with two attached hydrogens (primary N) is 1. The SMILES string of the molecule is CCCCCCCCCCCCCCCC(=O)OC[C@H]1O[C@@H](n2cc(C)c(N)nc2=O)[C@@H](O)[C@@H]1OC(=O)CCCCCCCCCCCCCCC. The van der Waals surface area contributed by atoms with Crippen LogP contribution in [0.15, 0.2) is 11.0 Å². The molecule has 0 radical (unpaired) electrons. The zero-order valence-corrected chi connectivity index (χ0v) is 33.3. The van der Waals surface area contributed by atoms with Crippen LogP contribution in [0, 0.1) is 6.92 Å². The molecule has 10 nitrogen and oxygen atoms in total. The van der Waals surface area contributed by atoms with Crippen LogP contribution < -0.4 is 11.4 Å². The van der Waals surface area contributed by atoms with Gasteiger partial charge >= 0.3 is 17.6 Å². The first-order valence-electron chi connectivity index (χ1n) is 21.3. The zero-order chi connectivity index (χ0) is 37.8. The lowest BCUT2D eigenvalue weighted by atomic mass is 10.0. The van der Waals surface area contributed by atoms with Crippen LogP contribution in [-0.4, -0.2) is 51.5 Å². The molecule has 1 saturated heterocycles.